The fraction of sp³-hybridized carbons (Fsp3) is 0.500. The van der Waals surface area contributed by atoms with Crippen LogP contribution in [0.4, 0.5) is 5.82 Å². The average Bonchev–Trinajstić information content (AvgIpc) is 2.76. The highest BCUT2D eigenvalue weighted by molar-refractivity contribution is 6.30. The summed E-state index contributed by atoms with van der Waals surface area (Å²) in [5, 5.41) is 11.6. The van der Waals surface area contributed by atoms with Gasteiger partial charge in [0.1, 0.15) is 23.1 Å². The topological polar surface area (TPSA) is 68.5 Å². The summed E-state index contributed by atoms with van der Waals surface area (Å²) in [4.78, 5) is 8.77. The summed E-state index contributed by atoms with van der Waals surface area (Å²) in [6, 6.07) is 0. The molecule has 0 aliphatic carbocycles. The van der Waals surface area contributed by atoms with Crippen molar-refractivity contribution in [1.29, 1.82) is 0 Å². The van der Waals surface area contributed by atoms with Crippen LogP contribution in [0.15, 0.2) is 6.33 Å². The molecule has 2 heterocycles. The number of hydrogen-bond acceptors (Lipinski definition) is 5. The molecule has 1 N–H and O–H groups in total. The first-order valence-corrected chi connectivity index (χ1v) is 6.47. The number of hydrogen-bond donors (Lipinski definition) is 1. The molecule has 19 heavy (non-hydrogen) atoms. The minimum atomic E-state index is 0.230. The van der Waals surface area contributed by atoms with E-state index in [0.29, 0.717) is 11.7 Å². The van der Waals surface area contributed by atoms with Gasteiger partial charge in [0.2, 0.25) is 0 Å². The smallest absolute Gasteiger partial charge is 0.151 e. The van der Waals surface area contributed by atoms with E-state index in [2.05, 4.69) is 25.5 Å². The van der Waals surface area contributed by atoms with Crippen LogP contribution >= 0.6 is 11.6 Å². The molecule has 0 atom stereocenters. The lowest BCUT2D eigenvalue weighted by Crippen LogP contribution is -2.10. The Morgan fingerprint density at radius 2 is 2.11 bits per heavy atom. The van der Waals surface area contributed by atoms with Gasteiger partial charge in [-0.15, -0.1) is 10.2 Å². The summed E-state index contributed by atoms with van der Waals surface area (Å²) in [6.07, 6.45) is 1.66. The highest BCUT2D eigenvalue weighted by atomic mass is 35.5. The molecular formula is C12H17ClN6. The first-order valence-electron chi connectivity index (χ1n) is 6.09. The molecule has 6 nitrogen and oxygen atoms in total. The molecule has 0 saturated carbocycles. The highest BCUT2D eigenvalue weighted by Crippen LogP contribution is 2.23. The molecule has 0 aromatic carbocycles. The zero-order valence-corrected chi connectivity index (χ0v) is 12.2. The van der Waals surface area contributed by atoms with Gasteiger partial charge in [-0.2, -0.15) is 0 Å². The van der Waals surface area contributed by atoms with E-state index >= 15 is 0 Å². The van der Waals surface area contributed by atoms with E-state index in [-0.39, 0.29) is 5.92 Å². The first-order chi connectivity index (χ1) is 8.99. The molecule has 2 rings (SSSR count). The molecule has 0 unspecified atom stereocenters. The highest BCUT2D eigenvalue weighted by Gasteiger charge is 2.12. The molecule has 0 fully saturated rings. The van der Waals surface area contributed by atoms with E-state index in [1.165, 1.54) is 0 Å². The molecule has 0 spiro atoms. The summed E-state index contributed by atoms with van der Waals surface area (Å²) >= 11 is 6.13. The molecule has 0 aliphatic rings. The second-order valence-corrected chi connectivity index (χ2v) is 5.07. The lowest BCUT2D eigenvalue weighted by atomic mass is 10.2. The normalized spacial score (nSPS) is 11.1. The molecule has 0 bridgehead atoms. The van der Waals surface area contributed by atoms with Crippen molar-refractivity contribution in [2.75, 3.05) is 5.32 Å². The second kappa shape index (κ2) is 5.52. The molecule has 102 valence electrons. The summed E-state index contributed by atoms with van der Waals surface area (Å²) in [5.74, 6) is 2.54. The first kappa shape index (κ1) is 13.7. The van der Waals surface area contributed by atoms with Crippen molar-refractivity contribution in [3.63, 3.8) is 0 Å². The van der Waals surface area contributed by atoms with Crippen molar-refractivity contribution >= 4 is 17.4 Å². The third kappa shape index (κ3) is 3.01. The Morgan fingerprint density at radius 1 is 1.37 bits per heavy atom. The van der Waals surface area contributed by atoms with Crippen molar-refractivity contribution in [2.45, 2.75) is 33.2 Å². The fourth-order valence-corrected chi connectivity index (χ4v) is 1.74. The number of halogens is 1. The van der Waals surface area contributed by atoms with Crippen LogP contribution in [0.5, 0.6) is 0 Å². The van der Waals surface area contributed by atoms with Gasteiger partial charge in [0, 0.05) is 18.5 Å². The Bertz CT molecular complexity index is 578. The maximum Gasteiger partial charge on any atom is 0.151 e. The van der Waals surface area contributed by atoms with Crippen LogP contribution in [0.2, 0.25) is 5.15 Å². The maximum atomic E-state index is 6.13. The van der Waals surface area contributed by atoms with Crippen molar-refractivity contribution in [3.05, 3.63) is 28.7 Å². The van der Waals surface area contributed by atoms with Gasteiger partial charge >= 0.3 is 0 Å². The molecule has 2 aromatic rings. The van der Waals surface area contributed by atoms with E-state index < -0.39 is 0 Å². The SMILES string of the molecule is Cc1c(Cl)nc(C(C)C)nc1NCc1nncn1C. The molecule has 0 amide bonds. The lowest BCUT2D eigenvalue weighted by molar-refractivity contribution is 0.766. The van der Waals surface area contributed by atoms with Gasteiger partial charge in [0.15, 0.2) is 5.82 Å². The van der Waals surface area contributed by atoms with Gasteiger partial charge in [-0.1, -0.05) is 25.4 Å². The van der Waals surface area contributed by atoms with Gasteiger partial charge in [0.05, 0.1) is 6.54 Å². The monoisotopic (exact) mass is 280 g/mol. The lowest BCUT2D eigenvalue weighted by Gasteiger charge is -2.12. The number of aromatic nitrogens is 5. The van der Waals surface area contributed by atoms with Crippen LogP contribution in [0.25, 0.3) is 0 Å². The number of aryl methyl sites for hydroxylation is 1. The summed E-state index contributed by atoms with van der Waals surface area (Å²) in [5.41, 5.74) is 0.841. The molecule has 0 radical (unpaired) electrons. The van der Waals surface area contributed by atoms with Crippen LogP contribution in [0.3, 0.4) is 0 Å². The third-order valence-corrected chi connectivity index (χ3v) is 3.21. The van der Waals surface area contributed by atoms with E-state index in [9.17, 15) is 0 Å². The number of nitrogens with zero attached hydrogens (tertiary/aromatic N) is 5. The Kier molecular flexibility index (Phi) is 3.99. The minimum Gasteiger partial charge on any atom is -0.362 e. The molecule has 2 aromatic heterocycles. The van der Waals surface area contributed by atoms with Crippen LogP contribution in [-0.4, -0.2) is 24.7 Å². The zero-order chi connectivity index (χ0) is 14.0. The summed E-state index contributed by atoms with van der Waals surface area (Å²) in [7, 11) is 1.90. The molecular weight excluding hydrogens is 264 g/mol. The van der Waals surface area contributed by atoms with Gasteiger partial charge in [-0.3, -0.25) is 0 Å². The summed E-state index contributed by atoms with van der Waals surface area (Å²) in [6.45, 7) is 6.51. The number of rotatable bonds is 4. The molecule has 0 aliphatic heterocycles. The largest absolute Gasteiger partial charge is 0.362 e. The van der Waals surface area contributed by atoms with Gasteiger partial charge in [-0.05, 0) is 6.92 Å². The Labute approximate surface area is 117 Å². The second-order valence-electron chi connectivity index (χ2n) is 4.71. The van der Waals surface area contributed by atoms with Crippen LogP contribution < -0.4 is 5.32 Å². The standard InChI is InChI=1S/C12H17ClN6/c1-7(2)11-16-10(13)8(3)12(17-11)14-5-9-18-15-6-19(9)4/h6-7H,5H2,1-4H3,(H,14,16,17). The average molecular weight is 281 g/mol. The minimum absolute atomic E-state index is 0.230. The van der Waals surface area contributed by atoms with Crippen molar-refractivity contribution in [3.8, 4) is 0 Å². The van der Waals surface area contributed by atoms with Gasteiger partial charge < -0.3 is 9.88 Å². The Hall–Kier alpha value is -1.69. The van der Waals surface area contributed by atoms with E-state index in [1.54, 1.807) is 6.33 Å². The van der Waals surface area contributed by atoms with Crippen LogP contribution in [-0.2, 0) is 13.6 Å². The van der Waals surface area contributed by atoms with E-state index in [1.807, 2.05) is 32.4 Å². The Balaban J connectivity index is 2.22. The van der Waals surface area contributed by atoms with Crippen molar-refractivity contribution in [2.24, 2.45) is 7.05 Å². The van der Waals surface area contributed by atoms with Crippen molar-refractivity contribution < 1.29 is 0 Å². The Morgan fingerprint density at radius 3 is 2.68 bits per heavy atom. The maximum absolute atomic E-state index is 6.13. The number of nitrogens with one attached hydrogen (secondary N) is 1. The van der Waals surface area contributed by atoms with Crippen LogP contribution in [0, 0.1) is 6.92 Å². The molecule has 0 saturated heterocycles. The van der Waals surface area contributed by atoms with Crippen LogP contribution in [0.1, 0.15) is 37.0 Å². The third-order valence-electron chi connectivity index (χ3n) is 2.84. The van der Waals surface area contributed by atoms with Gasteiger partial charge in [-0.25, -0.2) is 9.97 Å². The summed E-state index contributed by atoms with van der Waals surface area (Å²) < 4.78 is 1.86. The van der Waals surface area contributed by atoms with E-state index in [0.717, 1.165) is 23.0 Å². The fourth-order valence-electron chi connectivity index (χ4n) is 1.57. The number of anilines is 1. The van der Waals surface area contributed by atoms with Crippen molar-refractivity contribution in [1.82, 2.24) is 24.7 Å². The van der Waals surface area contributed by atoms with E-state index in [4.69, 9.17) is 11.6 Å². The zero-order valence-electron chi connectivity index (χ0n) is 11.5. The quantitative estimate of drug-likeness (QED) is 0.871. The molecule has 7 heteroatoms. The predicted octanol–water partition coefficient (Wildman–Crippen LogP) is 2.30. The van der Waals surface area contributed by atoms with Gasteiger partial charge in [0.25, 0.3) is 0 Å². The predicted molar refractivity (Wildman–Crippen MR) is 74.2 cm³/mol.